The van der Waals surface area contributed by atoms with Crippen molar-refractivity contribution in [1.29, 1.82) is 0 Å². The SMILES string of the molecule is CCN(CCN(CCCCN(CCN(CC=O)CC(=O)O)CC(=O)O)CC(=O)O)CC(=O)O. The monoisotopic (exact) mass is 476 g/mol. The van der Waals surface area contributed by atoms with E-state index in [-0.39, 0.29) is 45.8 Å². The zero-order chi connectivity index (χ0) is 25.2. The Kier molecular flexibility index (Phi) is 16.5. The van der Waals surface area contributed by atoms with E-state index in [1.54, 1.807) is 14.7 Å². The summed E-state index contributed by atoms with van der Waals surface area (Å²) in [6, 6.07) is 0. The molecule has 190 valence electrons. The van der Waals surface area contributed by atoms with Crippen molar-refractivity contribution in [1.82, 2.24) is 19.6 Å². The minimum atomic E-state index is -1.08. The van der Waals surface area contributed by atoms with E-state index in [0.717, 1.165) is 0 Å². The van der Waals surface area contributed by atoms with Gasteiger partial charge >= 0.3 is 23.9 Å². The number of hydrogen-bond acceptors (Lipinski definition) is 9. The third-order valence-corrected chi connectivity index (χ3v) is 4.88. The maximum Gasteiger partial charge on any atom is 0.317 e. The van der Waals surface area contributed by atoms with Crippen LogP contribution in [0.5, 0.6) is 0 Å². The average Bonchev–Trinajstić information content (AvgIpc) is 2.70. The van der Waals surface area contributed by atoms with Gasteiger partial charge in [-0.05, 0) is 32.5 Å². The van der Waals surface area contributed by atoms with Crippen molar-refractivity contribution < 1.29 is 44.4 Å². The number of likely N-dealkylation sites (N-methyl/N-ethyl adjacent to an activating group) is 1. The summed E-state index contributed by atoms with van der Waals surface area (Å²) in [4.78, 5) is 61.3. The smallest absolute Gasteiger partial charge is 0.317 e. The Balaban J connectivity index is 4.66. The summed E-state index contributed by atoms with van der Waals surface area (Å²) in [5.41, 5.74) is 0. The van der Waals surface area contributed by atoms with Gasteiger partial charge in [0.1, 0.15) is 6.29 Å². The van der Waals surface area contributed by atoms with Crippen LogP contribution in [0.15, 0.2) is 0 Å². The molecular formula is C20H36N4O9. The molecule has 0 atom stereocenters. The van der Waals surface area contributed by atoms with E-state index in [0.29, 0.717) is 51.9 Å². The highest BCUT2D eigenvalue weighted by Crippen LogP contribution is 2.01. The predicted octanol–water partition coefficient (Wildman–Crippen LogP) is -1.47. The standard InChI is InChI=1S/C20H36N4O9/c1-2-21(13-17(26)27)7-8-22(14-18(28)29)5-3-4-6-23(15-19(30)31)9-10-24(11-12-25)16-20(32)33/h12H,2-11,13-16H2,1H3,(H,26,27)(H,28,29)(H,30,31)(H,32,33). The second-order valence-electron chi connectivity index (χ2n) is 7.60. The second-order valence-corrected chi connectivity index (χ2v) is 7.60. The van der Waals surface area contributed by atoms with Gasteiger partial charge < -0.3 is 25.2 Å². The number of rotatable bonds is 22. The molecule has 0 rings (SSSR count). The van der Waals surface area contributed by atoms with Crippen molar-refractivity contribution in [2.24, 2.45) is 0 Å². The lowest BCUT2D eigenvalue weighted by molar-refractivity contribution is -0.140. The maximum atomic E-state index is 11.1. The first-order chi connectivity index (χ1) is 15.6. The fourth-order valence-electron chi connectivity index (χ4n) is 3.23. The molecule has 0 bridgehead atoms. The molecule has 0 aromatic rings. The fourth-order valence-corrected chi connectivity index (χ4v) is 3.23. The number of carboxylic acid groups (broad SMARTS) is 4. The molecule has 0 saturated heterocycles. The molecule has 13 heteroatoms. The van der Waals surface area contributed by atoms with E-state index in [9.17, 15) is 24.0 Å². The van der Waals surface area contributed by atoms with E-state index in [1.165, 1.54) is 4.90 Å². The molecule has 0 aromatic carbocycles. The largest absolute Gasteiger partial charge is 0.480 e. The van der Waals surface area contributed by atoms with E-state index < -0.39 is 23.9 Å². The van der Waals surface area contributed by atoms with Crippen LogP contribution in [0.25, 0.3) is 0 Å². The van der Waals surface area contributed by atoms with Crippen LogP contribution in [0.2, 0.25) is 0 Å². The number of nitrogens with zero attached hydrogens (tertiary/aromatic N) is 4. The molecule has 0 aromatic heterocycles. The van der Waals surface area contributed by atoms with Gasteiger partial charge in [-0.3, -0.25) is 38.8 Å². The van der Waals surface area contributed by atoms with Crippen LogP contribution in [0.3, 0.4) is 0 Å². The molecule has 0 spiro atoms. The Morgan fingerprint density at radius 2 is 0.909 bits per heavy atom. The highest BCUT2D eigenvalue weighted by Gasteiger charge is 2.16. The van der Waals surface area contributed by atoms with Crippen LogP contribution in [0.4, 0.5) is 0 Å². The van der Waals surface area contributed by atoms with Gasteiger partial charge in [0.05, 0.1) is 32.7 Å². The van der Waals surface area contributed by atoms with Gasteiger partial charge in [0, 0.05) is 26.2 Å². The summed E-state index contributed by atoms with van der Waals surface area (Å²) in [5.74, 6) is -4.04. The zero-order valence-corrected chi connectivity index (χ0v) is 19.1. The van der Waals surface area contributed by atoms with Crippen molar-refractivity contribution in [3.8, 4) is 0 Å². The summed E-state index contributed by atoms with van der Waals surface area (Å²) in [6.45, 7) is 3.60. The topological polar surface area (TPSA) is 179 Å². The molecule has 0 radical (unpaired) electrons. The van der Waals surface area contributed by atoms with Gasteiger partial charge in [0.2, 0.25) is 0 Å². The summed E-state index contributed by atoms with van der Waals surface area (Å²) >= 11 is 0. The Morgan fingerprint density at radius 1 is 0.576 bits per heavy atom. The zero-order valence-electron chi connectivity index (χ0n) is 19.1. The average molecular weight is 477 g/mol. The van der Waals surface area contributed by atoms with E-state index in [1.807, 2.05) is 6.92 Å². The van der Waals surface area contributed by atoms with Gasteiger partial charge in [-0.1, -0.05) is 6.92 Å². The van der Waals surface area contributed by atoms with Gasteiger partial charge in [0.15, 0.2) is 0 Å². The van der Waals surface area contributed by atoms with Crippen molar-refractivity contribution in [3.63, 3.8) is 0 Å². The fraction of sp³-hybridized carbons (Fsp3) is 0.750. The van der Waals surface area contributed by atoms with Crippen molar-refractivity contribution in [2.75, 3.05) is 78.5 Å². The van der Waals surface area contributed by atoms with Crippen molar-refractivity contribution >= 4 is 30.2 Å². The number of aldehydes is 1. The summed E-state index contributed by atoms with van der Waals surface area (Å²) < 4.78 is 0. The molecule has 0 fully saturated rings. The molecule has 0 aliphatic heterocycles. The lowest BCUT2D eigenvalue weighted by atomic mass is 10.2. The first-order valence-corrected chi connectivity index (χ1v) is 10.8. The molecular weight excluding hydrogens is 440 g/mol. The van der Waals surface area contributed by atoms with Crippen LogP contribution < -0.4 is 0 Å². The van der Waals surface area contributed by atoms with Crippen molar-refractivity contribution in [2.45, 2.75) is 19.8 Å². The number of carbonyl (C=O) groups excluding carboxylic acids is 1. The molecule has 0 heterocycles. The van der Waals surface area contributed by atoms with Gasteiger partial charge in [-0.2, -0.15) is 0 Å². The number of carboxylic acids is 4. The number of aliphatic carboxylic acids is 4. The predicted molar refractivity (Wildman–Crippen MR) is 117 cm³/mol. The Bertz CT molecular complexity index is 633. The number of unbranched alkanes of at least 4 members (excludes halogenated alkanes) is 1. The number of hydrogen-bond donors (Lipinski definition) is 4. The van der Waals surface area contributed by atoms with Crippen LogP contribution >= 0.6 is 0 Å². The van der Waals surface area contributed by atoms with Crippen LogP contribution in [-0.2, 0) is 24.0 Å². The normalized spacial score (nSPS) is 11.4. The minimum Gasteiger partial charge on any atom is -0.480 e. The van der Waals surface area contributed by atoms with Gasteiger partial charge in [-0.15, -0.1) is 0 Å². The second kappa shape index (κ2) is 17.9. The third-order valence-electron chi connectivity index (χ3n) is 4.88. The molecule has 13 nitrogen and oxygen atoms in total. The first kappa shape index (κ1) is 30.4. The third kappa shape index (κ3) is 17.6. The highest BCUT2D eigenvalue weighted by molar-refractivity contribution is 5.70. The van der Waals surface area contributed by atoms with Crippen LogP contribution in [-0.4, -0.2) is 149 Å². The molecule has 33 heavy (non-hydrogen) atoms. The van der Waals surface area contributed by atoms with Crippen molar-refractivity contribution in [3.05, 3.63) is 0 Å². The Morgan fingerprint density at radius 3 is 1.27 bits per heavy atom. The minimum absolute atomic E-state index is 0.0615. The molecule has 4 N–H and O–H groups in total. The lowest BCUT2D eigenvalue weighted by Crippen LogP contribution is -2.41. The van der Waals surface area contributed by atoms with E-state index in [4.69, 9.17) is 20.4 Å². The Hall–Kier alpha value is -2.61. The maximum absolute atomic E-state index is 11.1. The quantitative estimate of drug-likeness (QED) is 0.105. The van der Waals surface area contributed by atoms with Gasteiger partial charge in [-0.25, -0.2) is 0 Å². The molecule has 0 unspecified atom stereocenters. The number of carbonyl (C=O) groups is 5. The molecule has 0 amide bonds. The van der Waals surface area contributed by atoms with Crippen LogP contribution in [0.1, 0.15) is 19.8 Å². The molecule has 0 aliphatic carbocycles. The summed E-state index contributed by atoms with van der Waals surface area (Å²) in [7, 11) is 0. The van der Waals surface area contributed by atoms with Gasteiger partial charge in [0.25, 0.3) is 0 Å². The van der Waals surface area contributed by atoms with E-state index >= 15 is 0 Å². The summed E-state index contributed by atoms with van der Waals surface area (Å²) in [6.07, 6.45) is 1.78. The Labute approximate surface area is 193 Å². The molecule has 0 aliphatic rings. The van der Waals surface area contributed by atoms with Crippen LogP contribution in [0, 0.1) is 0 Å². The van der Waals surface area contributed by atoms with E-state index in [2.05, 4.69) is 0 Å². The summed E-state index contributed by atoms with van der Waals surface area (Å²) in [5, 5.41) is 36.1. The highest BCUT2D eigenvalue weighted by atomic mass is 16.4. The lowest BCUT2D eigenvalue weighted by Gasteiger charge is -2.26. The molecule has 0 saturated carbocycles. The first-order valence-electron chi connectivity index (χ1n) is 10.8.